The van der Waals surface area contributed by atoms with Crippen LogP contribution in [0.1, 0.15) is 128 Å². The Bertz CT molecular complexity index is 1630. The van der Waals surface area contributed by atoms with Crippen LogP contribution in [0.25, 0.3) is 0 Å². The number of hydrogen-bond donors (Lipinski definition) is 4. The lowest BCUT2D eigenvalue weighted by Crippen LogP contribution is -2.63. The molecule has 0 amide bonds. The molecule has 0 aromatic carbocycles. The highest BCUT2D eigenvalue weighted by molar-refractivity contribution is 5.96. The topological polar surface area (TPSA) is 198 Å². The summed E-state index contributed by atoms with van der Waals surface area (Å²) in [6.45, 7) is 20.6. The summed E-state index contributed by atoms with van der Waals surface area (Å²) in [4.78, 5) is 25.0. The van der Waals surface area contributed by atoms with Gasteiger partial charge in [0.15, 0.2) is 29.4 Å². The van der Waals surface area contributed by atoms with Gasteiger partial charge in [0.2, 0.25) is 0 Å². The number of carbonyl (C=O) groups is 2. The lowest BCUT2D eigenvalue weighted by Gasteiger charge is -2.52. The highest BCUT2D eigenvalue weighted by Gasteiger charge is 2.67. The van der Waals surface area contributed by atoms with Crippen molar-refractivity contribution in [2.45, 2.75) is 212 Å². The van der Waals surface area contributed by atoms with Gasteiger partial charge in [-0.05, 0) is 58.4 Å². The van der Waals surface area contributed by atoms with Crippen molar-refractivity contribution in [2.24, 2.45) is 47.3 Å². The number of methoxy groups -OCH3 is 2. The number of hydrogen-bond acceptors (Lipinski definition) is 14. The van der Waals surface area contributed by atoms with Crippen molar-refractivity contribution in [3.8, 4) is 0 Å². The largest absolute Gasteiger partial charge is 0.481 e. The molecular weight excluding hydrogens is 817 g/mol. The van der Waals surface area contributed by atoms with E-state index >= 15 is 0 Å². The molecule has 15 nitrogen and oxygen atoms in total. The number of allylic oxidation sites excluding steroid dienone is 1. The molecule has 0 radical (unpaired) electrons. The van der Waals surface area contributed by atoms with Gasteiger partial charge in [-0.3, -0.25) is 9.59 Å². The van der Waals surface area contributed by atoms with Crippen molar-refractivity contribution in [3.63, 3.8) is 0 Å². The zero-order valence-corrected chi connectivity index (χ0v) is 40.1. The SMILES string of the molecule is CO[C@H]1[C@H](C)[C@@H]([C@H]2C[C@H](C)[C@]3(O2)O[C@@H]([C@@]2(C)O[C@@]4(C[C@H](O)[C@@H](C)C(C(C)/C=C(\C)C(=O)C(C)CC(C)C(=O)O)O4)C[C@H]2O[C@H]2CC[C@H](OC)[C@@H](C)O2)CC[C@H]3C)O[C@@](O)(CO)[C@@H]1C. The molecule has 6 aliphatic rings. The summed E-state index contributed by atoms with van der Waals surface area (Å²) in [5, 5.41) is 43.0. The minimum absolute atomic E-state index is 0.0139. The molecule has 6 aliphatic heterocycles. The second-order valence-electron chi connectivity index (χ2n) is 20.8. The minimum atomic E-state index is -1.80. The van der Waals surface area contributed by atoms with Crippen LogP contribution in [0.4, 0.5) is 0 Å². The van der Waals surface area contributed by atoms with Crippen LogP contribution >= 0.6 is 0 Å². The van der Waals surface area contributed by atoms with E-state index in [2.05, 4.69) is 13.8 Å². The van der Waals surface area contributed by atoms with Gasteiger partial charge in [0.1, 0.15) is 5.60 Å². The van der Waals surface area contributed by atoms with E-state index in [1.807, 2.05) is 47.6 Å². The molecule has 0 saturated carbocycles. The lowest BCUT2D eigenvalue weighted by molar-refractivity contribution is -0.382. The molecule has 0 bridgehead atoms. The van der Waals surface area contributed by atoms with Crippen LogP contribution in [-0.4, -0.2) is 137 Å². The molecule has 362 valence electrons. The van der Waals surface area contributed by atoms with Gasteiger partial charge in [-0.25, -0.2) is 0 Å². The number of aliphatic hydroxyl groups excluding tert-OH is 2. The van der Waals surface area contributed by atoms with Gasteiger partial charge in [-0.2, -0.15) is 0 Å². The number of aliphatic hydroxyl groups is 3. The lowest BCUT2D eigenvalue weighted by atomic mass is 9.77. The Morgan fingerprint density at radius 3 is 2.19 bits per heavy atom. The number of carbonyl (C=O) groups excluding carboxylic acids is 1. The summed E-state index contributed by atoms with van der Waals surface area (Å²) in [5.74, 6) is -7.62. The molecular formula is C48H80O15. The summed E-state index contributed by atoms with van der Waals surface area (Å²) >= 11 is 0. The third-order valence-corrected chi connectivity index (χ3v) is 16.3. The maximum Gasteiger partial charge on any atom is 0.306 e. The molecule has 0 aromatic heterocycles. The Kier molecular flexibility index (Phi) is 15.8. The predicted molar refractivity (Wildman–Crippen MR) is 230 cm³/mol. The number of rotatable bonds is 14. The molecule has 22 atom stereocenters. The van der Waals surface area contributed by atoms with Gasteiger partial charge in [-0.1, -0.05) is 61.5 Å². The van der Waals surface area contributed by atoms with Gasteiger partial charge in [0.25, 0.3) is 0 Å². The summed E-state index contributed by atoms with van der Waals surface area (Å²) in [6.07, 6.45) is 1.25. The van der Waals surface area contributed by atoms with Crippen molar-refractivity contribution in [1.82, 2.24) is 0 Å². The van der Waals surface area contributed by atoms with Crippen LogP contribution in [0.2, 0.25) is 0 Å². The fraction of sp³-hybridized carbons (Fsp3) is 0.917. The molecule has 4 unspecified atom stereocenters. The third-order valence-electron chi connectivity index (χ3n) is 16.3. The van der Waals surface area contributed by atoms with Crippen molar-refractivity contribution < 1.29 is 72.6 Å². The van der Waals surface area contributed by atoms with E-state index in [9.17, 15) is 30.0 Å². The maximum atomic E-state index is 13.5. The molecule has 6 saturated heterocycles. The van der Waals surface area contributed by atoms with E-state index < -0.39 is 96.2 Å². The number of carboxylic acid groups (broad SMARTS) is 1. The second-order valence-corrected chi connectivity index (χ2v) is 20.8. The first-order valence-electron chi connectivity index (χ1n) is 23.7. The van der Waals surface area contributed by atoms with Crippen LogP contribution in [0.3, 0.4) is 0 Å². The van der Waals surface area contributed by atoms with E-state index in [0.717, 1.165) is 12.8 Å². The molecule has 6 heterocycles. The van der Waals surface area contributed by atoms with Gasteiger partial charge in [0.05, 0.1) is 67.5 Å². The predicted octanol–water partition coefficient (Wildman–Crippen LogP) is 5.77. The zero-order valence-electron chi connectivity index (χ0n) is 40.1. The summed E-state index contributed by atoms with van der Waals surface area (Å²) in [6, 6.07) is 0. The Morgan fingerprint density at radius 1 is 0.873 bits per heavy atom. The van der Waals surface area contributed by atoms with E-state index in [4.69, 9.17) is 42.6 Å². The average Bonchev–Trinajstić information content (AvgIpc) is 3.70. The highest BCUT2D eigenvalue weighted by Crippen LogP contribution is 2.57. The number of carboxylic acids is 1. The average molecular weight is 897 g/mol. The van der Waals surface area contributed by atoms with E-state index in [1.165, 1.54) is 0 Å². The van der Waals surface area contributed by atoms with Crippen molar-refractivity contribution in [3.05, 3.63) is 11.6 Å². The standard InChI is InChI=1S/C48H80O15/c1-24(40(51)25(2)19-27(4)44(52)53)18-26(3)41-30(7)34(50)21-46(61-41)22-38(58-39-17-15-35(55-12)33(10)57-39)45(11,63-46)37-16-14-28(5)48(60-37)29(6)20-36(59-48)43-31(8)42(56-13)32(9)47(54,23-49)62-43/h18,25-39,41-43,49-50,54H,14-17,19-23H2,1-13H3,(H,52,53)/b24-18+/t25?,26?,27?,28-,29+,30-,31+,32-,33-,34+,35+,36-,37-,38-,39+,41?,42+,43+,45-,46+,47+,48-/m1/s1. The van der Waals surface area contributed by atoms with Gasteiger partial charge < -0.3 is 63.1 Å². The minimum Gasteiger partial charge on any atom is -0.481 e. The molecule has 2 spiro atoms. The summed E-state index contributed by atoms with van der Waals surface area (Å²) < 4.78 is 60.1. The van der Waals surface area contributed by atoms with Crippen LogP contribution in [0.15, 0.2) is 11.6 Å². The van der Waals surface area contributed by atoms with Crippen LogP contribution in [0.5, 0.6) is 0 Å². The monoisotopic (exact) mass is 897 g/mol. The first-order valence-corrected chi connectivity index (χ1v) is 23.7. The Balaban J connectivity index is 1.28. The summed E-state index contributed by atoms with van der Waals surface area (Å²) in [7, 11) is 3.30. The normalized spacial score (nSPS) is 48.6. The summed E-state index contributed by atoms with van der Waals surface area (Å²) in [5.41, 5.74) is -0.581. The highest BCUT2D eigenvalue weighted by atomic mass is 16.8. The zero-order chi connectivity index (χ0) is 46.6. The fourth-order valence-corrected chi connectivity index (χ4v) is 12.2. The molecule has 63 heavy (non-hydrogen) atoms. The smallest absolute Gasteiger partial charge is 0.306 e. The molecule has 4 N–H and O–H groups in total. The van der Waals surface area contributed by atoms with Crippen LogP contribution in [-0.2, 0) is 52.2 Å². The second kappa shape index (κ2) is 19.6. The Morgan fingerprint density at radius 2 is 1.57 bits per heavy atom. The molecule has 15 heteroatoms. The Hall–Kier alpha value is -1.60. The van der Waals surface area contributed by atoms with Gasteiger partial charge in [0, 0.05) is 74.9 Å². The van der Waals surface area contributed by atoms with Crippen molar-refractivity contribution in [1.29, 1.82) is 0 Å². The van der Waals surface area contributed by atoms with E-state index in [1.54, 1.807) is 35.0 Å². The molecule has 0 aliphatic carbocycles. The van der Waals surface area contributed by atoms with Crippen molar-refractivity contribution in [2.75, 3.05) is 20.8 Å². The molecule has 6 rings (SSSR count). The fourth-order valence-electron chi connectivity index (χ4n) is 12.2. The van der Waals surface area contributed by atoms with Gasteiger partial charge in [-0.15, -0.1) is 0 Å². The third kappa shape index (κ3) is 9.74. The van der Waals surface area contributed by atoms with Crippen LogP contribution < -0.4 is 0 Å². The Labute approximate surface area is 375 Å². The van der Waals surface area contributed by atoms with Crippen molar-refractivity contribution >= 4 is 11.8 Å². The van der Waals surface area contributed by atoms with E-state index in [-0.39, 0.29) is 72.9 Å². The number of ether oxygens (including phenoxy) is 9. The van der Waals surface area contributed by atoms with E-state index in [0.29, 0.717) is 24.8 Å². The first kappa shape index (κ1) is 50.8. The molecule has 0 aromatic rings. The van der Waals surface area contributed by atoms with Gasteiger partial charge >= 0.3 is 5.97 Å². The number of Topliss-reactive ketones (excluding diaryl/α,β-unsaturated/α-hetero) is 1. The number of aliphatic carboxylic acids is 1. The first-order chi connectivity index (χ1) is 29.5. The quantitative estimate of drug-likeness (QED) is 0.153. The van der Waals surface area contributed by atoms with Crippen LogP contribution in [0, 0.1) is 47.3 Å². The number of ketones is 1. The molecule has 6 fully saturated rings. The maximum absolute atomic E-state index is 13.5.